The smallest absolute Gasteiger partial charge is 0.172 e. The summed E-state index contributed by atoms with van der Waals surface area (Å²) >= 11 is 1.63. The van der Waals surface area contributed by atoms with Crippen LogP contribution in [0.1, 0.15) is 36.0 Å². The zero-order chi connectivity index (χ0) is 12.3. The van der Waals surface area contributed by atoms with E-state index in [2.05, 4.69) is 0 Å². The molecule has 0 bridgehead atoms. The number of halogens is 2. The van der Waals surface area contributed by atoms with Gasteiger partial charge >= 0.3 is 0 Å². The first-order valence-corrected chi connectivity index (χ1v) is 6.81. The highest BCUT2D eigenvalue weighted by Gasteiger charge is 2.17. The maximum absolute atomic E-state index is 12.9. The highest BCUT2D eigenvalue weighted by atomic mass is 32.2. The van der Waals surface area contributed by atoms with E-state index in [1.165, 1.54) is 18.9 Å². The Hall–Kier alpha value is -0.900. The molecule has 0 saturated heterocycles. The average molecular weight is 256 g/mol. The van der Waals surface area contributed by atoms with Crippen LogP contribution in [0.2, 0.25) is 0 Å². The average Bonchev–Trinajstić information content (AvgIpc) is 2.82. The Morgan fingerprint density at radius 3 is 2.59 bits per heavy atom. The normalized spacial score (nSPS) is 16.4. The van der Waals surface area contributed by atoms with E-state index in [-0.39, 0.29) is 11.3 Å². The number of Topliss-reactive ketones (excluding diaryl/α,β-unsaturated/α-hetero) is 1. The highest BCUT2D eigenvalue weighted by Crippen LogP contribution is 2.29. The first kappa shape index (κ1) is 12.6. The molecule has 0 spiro atoms. The van der Waals surface area contributed by atoms with Crippen molar-refractivity contribution in [2.45, 2.75) is 30.9 Å². The van der Waals surface area contributed by atoms with E-state index >= 15 is 0 Å². The number of thioether (sulfide) groups is 1. The van der Waals surface area contributed by atoms with Crippen LogP contribution in [0.5, 0.6) is 0 Å². The van der Waals surface area contributed by atoms with E-state index in [0.29, 0.717) is 11.0 Å². The fourth-order valence-corrected chi connectivity index (χ4v) is 3.22. The van der Waals surface area contributed by atoms with Crippen LogP contribution in [0, 0.1) is 11.6 Å². The molecule has 1 nitrogen and oxygen atoms in total. The molecule has 17 heavy (non-hydrogen) atoms. The minimum atomic E-state index is -0.957. The van der Waals surface area contributed by atoms with Gasteiger partial charge in [0.2, 0.25) is 0 Å². The van der Waals surface area contributed by atoms with Crippen molar-refractivity contribution in [1.82, 2.24) is 0 Å². The quantitative estimate of drug-likeness (QED) is 0.762. The molecule has 1 aromatic carbocycles. The number of ketones is 1. The van der Waals surface area contributed by atoms with Gasteiger partial charge in [-0.3, -0.25) is 4.79 Å². The van der Waals surface area contributed by atoms with Crippen molar-refractivity contribution in [3.05, 3.63) is 35.4 Å². The fraction of sp³-hybridized carbons (Fsp3) is 0.462. The Morgan fingerprint density at radius 1 is 1.24 bits per heavy atom. The van der Waals surface area contributed by atoms with Crippen LogP contribution in [0.3, 0.4) is 0 Å². The Balaban J connectivity index is 1.92. The third kappa shape index (κ3) is 3.28. The molecule has 0 aliphatic heterocycles. The summed E-state index contributed by atoms with van der Waals surface area (Å²) in [6.07, 6.45) is 4.79. The van der Waals surface area contributed by atoms with Gasteiger partial charge in [-0.15, -0.1) is 0 Å². The maximum Gasteiger partial charge on any atom is 0.172 e. The first-order chi connectivity index (χ1) is 8.16. The summed E-state index contributed by atoms with van der Waals surface area (Å²) in [5.74, 6) is -1.64. The summed E-state index contributed by atoms with van der Waals surface area (Å²) < 4.78 is 25.6. The Morgan fingerprint density at radius 2 is 1.94 bits per heavy atom. The van der Waals surface area contributed by atoms with Crippen LogP contribution < -0.4 is 0 Å². The topological polar surface area (TPSA) is 17.1 Å². The van der Waals surface area contributed by atoms with Gasteiger partial charge in [-0.2, -0.15) is 11.8 Å². The van der Waals surface area contributed by atoms with E-state index in [1.807, 2.05) is 0 Å². The van der Waals surface area contributed by atoms with Crippen LogP contribution in [-0.4, -0.2) is 16.8 Å². The molecule has 4 heteroatoms. The predicted molar refractivity (Wildman–Crippen MR) is 65.4 cm³/mol. The van der Waals surface area contributed by atoms with Crippen molar-refractivity contribution in [1.29, 1.82) is 0 Å². The van der Waals surface area contributed by atoms with Gasteiger partial charge in [0.25, 0.3) is 0 Å². The zero-order valence-electron chi connectivity index (χ0n) is 9.42. The minimum Gasteiger partial charge on any atom is -0.293 e. The van der Waals surface area contributed by atoms with Crippen molar-refractivity contribution in [3.63, 3.8) is 0 Å². The van der Waals surface area contributed by atoms with Gasteiger partial charge in [-0.05, 0) is 31.0 Å². The van der Waals surface area contributed by atoms with Crippen molar-refractivity contribution < 1.29 is 13.6 Å². The lowest BCUT2D eigenvalue weighted by molar-refractivity contribution is 0.102. The van der Waals surface area contributed by atoms with Gasteiger partial charge in [0, 0.05) is 10.8 Å². The lowest BCUT2D eigenvalue weighted by Crippen LogP contribution is -2.07. The predicted octanol–water partition coefficient (Wildman–Crippen LogP) is 3.82. The summed E-state index contributed by atoms with van der Waals surface area (Å²) in [6, 6.07) is 3.33. The van der Waals surface area contributed by atoms with Gasteiger partial charge in [-0.25, -0.2) is 8.78 Å². The lowest BCUT2D eigenvalue weighted by Gasteiger charge is -2.07. The standard InChI is InChI=1S/C13H14F2OS/c14-11-6-5-9(7-12(11)15)13(16)8-17-10-3-1-2-4-10/h5-7,10H,1-4,8H2. The van der Waals surface area contributed by atoms with Gasteiger partial charge in [-0.1, -0.05) is 12.8 Å². The fourth-order valence-electron chi connectivity index (χ4n) is 2.00. The second kappa shape index (κ2) is 5.63. The van der Waals surface area contributed by atoms with Crippen LogP contribution in [0.25, 0.3) is 0 Å². The van der Waals surface area contributed by atoms with E-state index in [1.54, 1.807) is 11.8 Å². The van der Waals surface area contributed by atoms with Crippen molar-refractivity contribution in [2.24, 2.45) is 0 Å². The summed E-state index contributed by atoms with van der Waals surface area (Å²) in [7, 11) is 0. The van der Waals surface area contributed by atoms with E-state index in [4.69, 9.17) is 0 Å². The number of hydrogen-bond acceptors (Lipinski definition) is 2. The number of hydrogen-bond donors (Lipinski definition) is 0. The monoisotopic (exact) mass is 256 g/mol. The van der Waals surface area contributed by atoms with Crippen LogP contribution in [0.4, 0.5) is 8.78 Å². The molecule has 0 heterocycles. The summed E-state index contributed by atoms with van der Waals surface area (Å²) in [5.41, 5.74) is 0.259. The molecular formula is C13H14F2OS. The Labute approximate surface area is 104 Å². The van der Waals surface area contributed by atoms with Crippen LogP contribution >= 0.6 is 11.8 Å². The van der Waals surface area contributed by atoms with Gasteiger partial charge in [0.15, 0.2) is 17.4 Å². The molecule has 0 amide bonds. The SMILES string of the molecule is O=C(CSC1CCCC1)c1ccc(F)c(F)c1. The first-order valence-electron chi connectivity index (χ1n) is 5.76. The molecule has 0 N–H and O–H groups in total. The van der Waals surface area contributed by atoms with Gasteiger partial charge in [0.1, 0.15) is 0 Å². The molecule has 2 rings (SSSR count). The Bertz CT molecular complexity index is 414. The second-order valence-electron chi connectivity index (χ2n) is 4.27. The van der Waals surface area contributed by atoms with Gasteiger partial charge < -0.3 is 0 Å². The van der Waals surface area contributed by atoms with Crippen molar-refractivity contribution in [2.75, 3.05) is 5.75 Å². The van der Waals surface area contributed by atoms with Gasteiger partial charge in [0.05, 0.1) is 5.75 Å². The second-order valence-corrected chi connectivity index (χ2v) is 5.56. The molecule has 0 atom stereocenters. The molecule has 0 radical (unpaired) electrons. The van der Waals surface area contributed by atoms with E-state index in [0.717, 1.165) is 25.0 Å². The lowest BCUT2D eigenvalue weighted by atomic mass is 10.1. The molecule has 1 aromatic rings. The summed E-state index contributed by atoms with van der Waals surface area (Å²) in [5, 5.41) is 0.559. The van der Waals surface area contributed by atoms with Crippen LogP contribution in [-0.2, 0) is 0 Å². The third-order valence-corrected chi connectivity index (χ3v) is 4.37. The number of carbonyl (C=O) groups is 1. The Kier molecular flexibility index (Phi) is 4.15. The van der Waals surface area contributed by atoms with Crippen molar-refractivity contribution in [3.8, 4) is 0 Å². The molecule has 0 aromatic heterocycles. The summed E-state index contributed by atoms with van der Waals surface area (Å²) in [6.45, 7) is 0. The third-order valence-electron chi connectivity index (χ3n) is 2.99. The van der Waals surface area contributed by atoms with E-state index in [9.17, 15) is 13.6 Å². The number of benzene rings is 1. The molecule has 1 fully saturated rings. The van der Waals surface area contributed by atoms with Crippen LogP contribution in [0.15, 0.2) is 18.2 Å². The number of carbonyl (C=O) groups excluding carboxylic acids is 1. The molecule has 0 unspecified atom stereocenters. The maximum atomic E-state index is 12.9. The summed E-state index contributed by atoms with van der Waals surface area (Å²) in [4.78, 5) is 11.8. The molecule has 92 valence electrons. The zero-order valence-corrected chi connectivity index (χ0v) is 10.2. The molecule has 1 aliphatic rings. The molecule has 1 saturated carbocycles. The van der Waals surface area contributed by atoms with E-state index < -0.39 is 11.6 Å². The number of rotatable bonds is 4. The minimum absolute atomic E-state index is 0.124. The largest absolute Gasteiger partial charge is 0.293 e. The van der Waals surface area contributed by atoms with Crippen molar-refractivity contribution >= 4 is 17.5 Å². The molecular weight excluding hydrogens is 242 g/mol. The highest BCUT2D eigenvalue weighted by molar-refractivity contribution is 8.00. The molecule has 1 aliphatic carbocycles.